The number of hydrogen-bond acceptors (Lipinski definition) is 6. The van der Waals surface area contributed by atoms with Crippen molar-refractivity contribution in [1.29, 1.82) is 0 Å². The number of anilines is 1. The molecule has 2 amide bonds. The smallest absolute Gasteiger partial charge is 0.246 e. The van der Waals surface area contributed by atoms with Gasteiger partial charge in [0, 0.05) is 35.3 Å². The van der Waals surface area contributed by atoms with Gasteiger partial charge in [-0.05, 0) is 67.6 Å². The number of benzene rings is 1. The summed E-state index contributed by atoms with van der Waals surface area (Å²) in [5.74, 6) is -2.66. The van der Waals surface area contributed by atoms with E-state index in [9.17, 15) is 14.4 Å². The fourth-order valence-corrected chi connectivity index (χ4v) is 8.29. The van der Waals surface area contributed by atoms with Gasteiger partial charge in [0.05, 0.1) is 17.7 Å². The van der Waals surface area contributed by atoms with Crippen molar-refractivity contribution in [3.05, 3.63) is 57.6 Å². The minimum atomic E-state index is -1.34. The van der Waals surface area contributed by atoms with Crippen molar-refractivity contribution in [3.63, 3.8) is 0 Å². The average Bonchev–Trinajstić information content (AvgIpc) is 3.40. The maximum atomic E-state index is 16.0. The number of carbonyl (C=O) groups is 3. The molecule has 1 saturated carbocycles. The highest BCUT2D eigenvalue weighted by atomic mass is 35.5. The molecule has 6 rings (SSSR count). The van der Waals surface area contributed by atoms with Gasteiger partial charge in [0.2, 0.25) is 11.8 Å². The van der Waals surface area contributed by atoms with Crippen LogP contribution in [0.5, 0.6) is 0 Å². The number of ether oxygens (including phenoxy) is 1. The number of nitrogens with one attached hydrogen (secondary N) is 2. The van der Waals surface area contributed by atoms with Crippen LogP contribution in [-0.2, 0) is 24.5 Å². The number of carbonyl (C=O) groups excluding carboxylic acids is 3. The number of pyridine rings is 1. The lowest BCUT2D eigenvalue weighted by molar-refractivity contribution is -0.135. The maximum absolute atomic E-state index is 16.0. The zero-order valence-corrected chi connectivity index (χ0v) is 25.2. The molecular weight excluding hydrogens is 582 g/mol. The quantitative estimate of drug-likeness (QED) is 0.404. The SMILES string of the molecule is CC1(C)CCC2(CC1)N[C@@H](C(=O)C[C@@H]1CC[C@@H](C(N)=O)OC1)[C@H](c1cccc(Cl)c1F)[C@]21C(=O)Nc2cc(Cl)ncc21. The zero-order valence-electron chi connectivity index (χ0n) is 23.6. The molecule has 1 aliphatic carbocycles. The van der Waals surface area contributed by atoms with Crippen molar-refractivity contribution in [3.8, 4) is 0 Å². The van der Waals surface area contributed by atoms with Crippen LogP contribution in [0, 0.1) is 17.2 Å². The molecule has 224 valence electrons. The Hall–Kier alpha value is -2.59. The number of fused-ring (bicyclic) bond motifs is 3. The molecular formula is C31H35Cl2FN4O4. The first-order chi connectivity index (χ1) is 19.9. The summed E-state index contributed by atoms with van der Waals surface area (Å²) in [6.45, 7) is 4.62. The van der Waals surface area contributed by atoms with Crippen LogP contribution in [-0.4, -0.2) is 46.9 Å². The largest absolute Gasteiger partial charge is 0.368 e. The van der Waals surface area contributed by atoms with Crippen LogP contribution >= 0.6 is 23.2 Å². The van der Waals surface area contributed by atoms with E-state index in [1.54, 1.807) is 24.4 Å². The number of nitrogens with two attached hydrogens (primary N) is 1. The van der Waals surface area contributed by atoms with Gasteiger partial charge in [0.25, 0.3) is 0 Å². The van der Waals surface area contributed by atoms with Gasteiger partial charge >= 0.3 is 0 Å². The van der Waals surface area contributed by atoms with Gasteiger partial charge in [-0.2, -0.15) is 0 Å². The Kier molecular flexibility index (Phi) is 7.40. The number of hydrogen-bond donors (Lipinski definition) is 3. The van der Waals surface area contributed by atoms with E-state index in [0.717, 1.165) is 12.8 Å². The molecule has 0 radical (unpaired) electrons. The molecule has 3 aliphatic heterocycles. The highest BCUT2D eigenvalue weighted by Gasteiger charge is 2.73. The number of rotatable bonds is 5. The first kappa shape index (κ1) is 29.5. The number of amides is 2. The topological polar surface area (TPSA) is 123 Å². The molecule has 2 aromatic rings. The second-order valence-electron chi connectivity index (χ2n) is 13.1. The van der Waals surface area contributed by atoms with Crippen LogP contribution in [0.4, 0.5) is 10.1 Å². The van der Waals surface area contributed by atoms with Gasteiger partial charge < -0.3 is 15.8 Å². The minimum absolute atomic E-state index is 0.0412. The van der Waals surface area contributed by atoms with E-state index in [0.29, 0.717) is 36.9 Å². The normalized spacial score (nSPS) is 31.2. The number of ketones is 1. The number of halogens is 3. The summed E-state index contributed by atoms with van der Waals surface area (Å²) in [5.41, 5.74) is 4.59. The van der Waals surface area contributed by atoms with Crippen LogP contribution in [0.25, 0.3) is 0 Å². The average molecular weight is 618 g/mol. The number of primary amides is 1. The van der Waals surface area contributed by atoms with Crippen molar-refractivity contribution in [2.45, 2.75) is 87.8 Å². The molecule has 5 atom stereocenters. The van der Waals surface area contributed by atoms with Crippen molar-refractivity contribution in [2.75, 3.05) is 11.9 Å². The van der Waals surface area contributed by atoms with Crippen molar-refractivity contribution >= 4 is 46.5 Å². The first-order valence-electron chi connectivity index (χ1n) is 14.5. The molecule has 4 N–H and O–H groups in total. The molecule has 2 spiro atoms. The Morgan fingerprint density at radius 2 is 1.90 bits per heavy atom. The molecule has 4 aliphatic rings. The third-order valence-electron chi connectivity index (χ3n) is 10.2. The summed E-state index contributed by atoms with van der Waals surface area (Å²) in [6, 6.07) is 5.46. The molecule has 4 heterocycles. The third-order valence-corrected chi connectivity index (χ3v) is 10.7. The van der Waals surface area contributed by atoms with Gasteiger partial charge in [-0.25, -0.2) is 9.37 Å². The van der Waals surface area contributed by atoms with E-state index >= 15 is 4.39 Å². The van der Waals surface area contributed by atoms with E-state index in [4.69, 9.17) is 33.7 Å². The Balaban J connectivity index is 1.49. The fraction of sp³-hybridized carbons (Fsp3) is 0.548. The molecule has 2 saturated heterocycles. The van der Waals surface area contributed by atoms with E-state index in [1.165, 1.54) is 6.07 Å². The molecule has 1 aromatic heterocycles. The van der Waals surface area contributed by atoms with Crippen LogP contribution in [0.15, 0.2) is 30.5 Å². The van der Waals surface area contributed by atoms with Crippen LogP contribution in [0.3, 0.4) is 0 Å². The van der Waals surface area contributed by atoms with Crippen molar-refractivity contribution in [1.82, 2.24) is 10.3 Å². The summed E-state index contributed by atoms with van der Waals surface area (Å²) in [7, 11) is 0. The molecule has 42 heavy (non-hydrogen) atoms. The highest BCUT2D eigenvalue weighted by molar-refractivity contribution is 6.31. The van der Waals surface area contributed by atoms with Crippen molar-refractivity contribution in [2.24, 2.45) is 17.1 Å². The number of nitrogens with zero attached hydrogens (tertiary/aromatic N) is 1. The second-order valence-corrected chi connectivity index (χ2v) is 13.9. The molecule has 3 fully saturated rings. The molecule has 8 nitrogen and oxygen atoms in total. The van der Waals surface area contributed by atoms with Gasteiger partial charge in [0.15, 0.2) is 5.78 Å². The number of aromatic nitrogens is 1. The van der Waals surface area contributed by atoms with Crippen molar-refractivity contribution < 1.29 is 23.5 Å². The second kappa shape index (κ2) is 10.5. The Labute approximate surface area is 254 Å². The zero-order chi connectivity index (χ0) is 30.0. The predicted molar refractivity (Wildman–Crippen MR) is 157 cm³/mol. The van der Waals surface area contributed by atoms with Crippen LogP contribution in [0.1, 0.15) is 75.8 Å². The highest BCUT2D eigenvalue weighted by Crippen LogP contribution is 2.64. The van der Waals surface area contributed by atoms with Gasteiger partial charge in [-0.15, -0.1) is 0 Å². The van der Waals surface area contributed by atoms with Crippen LogP contribution < -0.4 is 16.4 Å². The minimum Gasteiger partial charge on any atom is -0.368 e. The summed E-state index contributed by atoms with van der Waals surface area (Å²) < 4.78 is 21.7. The van der Waals surface area contributed by atoms with E-state index in [1.807, 2.05) is 0 Å². The molecule has 11 heteroatoms. The van der Waals surface area contributed by atoms with Gasteiger partial charge in [0.1, 0.15) is 22.5 Å². The van der Waals surface area contributed by atoms with Gasteiger partial charge in [-0.1, -0.05) is 49.2 Å². The monoisotopic (exact) mass is 616 g/mol. The lowest BCUT2D eigenvalue weighted by Crippen LogP contribution is -2.61. The van der Waals surface area contributed by atoms with E-state index < -0.39 is 40.7 Å². The first-order valence-corrected chi connectivity index (χ1v) is 15.3. The molecule has 1 aromatic carbocycles. The van der Waals surface area contributed by atoms with E-state index in [2.05, 4.69) is 29.5 Å². The molecule has 0 unspecified atom stereocenters. The van der Waals surface area contributed by atoms with Crippen LogP contribution in [0.2, 0.25) is 10.2 Å². The standard InChI is InChI=1S/C31H35Cl2FN4O4/c1-29(2)8-10-30(11-9-29)31(18-14-36-23(33)13-20(18)37-28(31)41)24(17-4-3-5-19(32)25(17)34)26(38-30)21(39)12-16-6-7-22(27(35)40)42-15-16/h3-5,13-14,16,22,24,26,38H,6-12,15H2,1-2H3,(H2,35,40)(H,37,41)/t16-,22-,24-,26-,31+/m0/s1. The summed E-state index contributed by atoms with van der Waals surface area (Å²) in [6.07, 6.45) is 4.93. The third kappa shape index (κ3) is 4.55. The molecule has 0 bridgehead atoms. The van der Waals surface area contributed by atoms with E-state index in [-0.39, 0.29) is 51.8 Å². The lowest BCUT2D eigenvalue weighted by atomic mass is 9.53. The Morgan fingerprint density at radius 3 is 2.57 bits per heavy atom. The maximum Gasteiger partial charge on any atom is 0.246 e. The predicted octanol–water partition coefficient (Wildman–Crippen LogP) is 5.05. The Bertz CT molecular complexity index is 1450. The summed E-state index contributed by atoms with van der Waals surface area (Å²) >= 11 is 12.6. The van der Waals surface area contributed by atoms with Gasteiger partial charge in [-0.3, -0.25) is 19.7 Å². The Morgan fingerprint density at radius 1 is 1.17 bits per heavy atom. The lowest BCUT2D eigenvalue weighted by Gasteiger charge is -2.50. The summed E-state index contributed by atoms with van der Waals surface area (Å²) in [5, 5.41) is 6.84. The summed E-state index contributed by atoms with van der Waals surface area (Å²) in [4.78, 5) is 44.8. The number of Topliss-reactive ketones (excluding diaryl/α,β-unsaturated/α-hetero) is 1. The fourth-order valence-electron chi connectivity index (χ4n) is 7.95.